The van der Waals surface area contributed by atoms with Gasteiger partial charge in [0.25, 0.3) is 5.91 Å². The van der Waals surface area contributed by atoms with E-state index in [1.807, 2.05) is 0 Å². The zero-order valence-electron chi connectivity index (χ0n) is 18.0. The molecule has 0 N–H and O–H groups in total. The minimum absolute atomic E-state index is 0.0206. The summed E-state index contributed by atoms with van der Waals surface area (Å²) in [6.07, 6.45) is 0.912. The predicted octanol–water partition coefficient (Wildman–Crippen LogP) is 2.86. The summed E-state index contributed by atoms with van der Waals surface area (Å²) in [7, 11) is -3.56. The number of benzene rings is 2. The van der Waals surface area contributed by atoms with Gasteiger partial charge in [-0.3, -0.25) is 9.59 Å². The first-order valence-electron chi connectivity index (χ1n) is 10.9. The van der Waals surface area contributed by atoms with Gasteiger partial charge in [-0.2, -0.15) is 4.31 Å². The Kier molecular flexibility index (Phi) is 7.02. The van der Waals surface area contributed by atoms with E-state index in [0.717, 1.165) is 0 Å². The highest BCUT2D eigenvalue weighted by Gasteiger charge is 2.35. The number of carbonyl (C=O) groups excluding carboxylic acids is 2. The van der Waals surface area contributed by atoms with E-state index in [2.05, 4.69) is 0 Å². The van der Waals surface area contributed by atoms with Crippen LogP contribution in [0, 0.1) is 11.7 Å². The van der Waals surface area contributed by atoms with E-state index in [0.29, 0.717) is 52.1 Å². The fourth-order valence-corrected chi connectivity index (χ4v) is 5.97. The summed E-state index contributed by atoms with van der Waals surface area (Å²) in [6, 6.07) is 12.2. The number of carbonyl (C=O) groups is 2. The molecule has 10 heteroatoms. The molecule has 2 aliphatic rings. The van der Waals surface area contributed by atoms with Gasteiger partial charge in [-0.15, -0.1) is 0 Å². The average Bonchev–Trinajstić information content (AvgIpc) is 2.85. The lowest BCUT2D eigenvalue weighted by Gasteiger charge is -2.38. The Balaban J connectivity index is 1.31. The summed E-state index contributed by atoms with van der Waals surface area (Å²) in [5.41, 5.74) is -0.0747. The topological polar surface area (TPSA) is 78.0 Å². The fraction of sp³-hybridized carbons (Fsp3) is 0.391. The number of nitrogens with zero attached hydrogens (tertiary/aromatic N) is 3. The number of piperazine rings is 1. The molecule has 0 atom stereocenters. The van der Waals surface area contributed by atoms with Crippen molar-refractivity contribution in [3.8, 4) is 0 Å². The van der Waals surface area contributed by atoms with Crippen molar-refractivity contribution >= 4 is 33.4 Å². The molecule has 2 saturated heterocycles. The highest BCUT2D eigenvalue weighted by Crippen LogP contribution is 2.26. The van der Waals surface area contributed by atoms with E-state index in [9.17, 15) is 22.4 Å². The molecule has 2 amide bonds. The molecule has 0 aromatic heterocycles. The molecule has 0 bridgehead atoms. The lowest BCUT2D eigenvalue weighted by atomic mass is 9.96. The molecule has 2 aromatic rings. The normalized spacial score (nSPS) is 18.4. The van der Waals surface area contributed by atoms with Gasteiger partial charge in [0.15, 0.2) is 0 Å². The molecule has 4 rings (SSSR count). The monoisotopic (exact) mass is 493 g/mol. The highest BCUT2D eigenvalue weighted by molar-refractivity contribution is 7.89. The smallest absolute Gasteiger partial charge is 0.257 e. The second kappa shape index (κ2) is 9.79. The largest absolute Gasteiger partial charge is 0.339 e. The van der Waals surface area contributed by atoms with E-state index in [-0.39, 0.29) is 27.3 Å². The van der Waals surface area contributed by atoms with E-state index in [1.165, 1.54) is 27.4 Å². The van der Waals surface area contributed by atoms with Gasteiger partial charge in [0, 0.05) is 50.2 Å². The molecular weight excluding hydrogens is 469 g/mol. The third-order valence-corrected chi connectivity index (χ3v) is 8.37. The zero-order valence-corrected chi connectivity index (χ0v) is 19.6. The lowest BCUT2D eigenvalue weighted by molar-refractivity contribution is -0.138. The number of halogens is 2. The highest BCUT2D eigenvalue weighted by atomic mass is 35.5. The molecule has 0 unspecified atom stereocenters. The molecule has 0 saturated carbocycles. The summed E-state index contributed by atoms with van der Waals surface area (Å²) < 4.78 is 41.0. The van der Waals surface area contributed by atoms with Gasteiger partial charge >= 0.3 is 0 Å². The first-order valence-corrected chi connectivity index (χ1v) is 12.7. The number of rotatable bonds is 4. The fourth-order valence-electron chi connectivity index (χ4n) is 4.30. The van der Waals surface area contributed by atoms with E-state index in [1.54, 1.807) is 35.2 Å². The van der Waals surface area contributed by atoms with Gasteiger partial charge in [-0.1, -0.05) is 29.8 Å². The van der Waals surface area contributed by atoms with Crippen LogP contribution in [0.1, 0.15) is 23.2 Å². The first-order chi connectivity index (χ1) is 15.8. The molecular formula is C23H25ClFN3O4S. The Bertz CT molecular complexity index is 1130. The Morgan fingerprint density at radius 3 is 2.12 bits per heavy atom. The zero-order chi connectivity index (χ0) is 23.6. The summed E-state index contributed by atoms with van der Waals surface area (Å²) in [4.78, 5) is 29.2. The second-order valence-electron chi connectivity index (χ2n) is 8.23. The maximum absolute atomic E-state index is 14.0. The molecule has 2 heterocycles. The van der Waals surface area contributed by atoms with Gasteiger partial charge in [0.05, 0.1) is 10.5 Å². The van der Waals surface area contributed by atoms with Crippen molar-refractivity contribution in [2.24, 2.45) is 5.92 Å². The Morgan fingerprint density at radius 2 is 1.48 bits per heavy atom. The van der Waals surface area contributed by atoms with Crippen molar-refractivity contribution < 1.29 is 22.4 Å². The third-order valence-electron chi connectivity index (χ3n) is 6.22. The van der Waals surface area contributed by atoms with Crippen LogP contribution in [0.15, 0.2) is 53.4 Å². The van der Waals surface area contributed by atoms with E-state index in [4.69, 9.17) is 11.6 Å². The van der Waals surface area contributed by atoms with Crippen molar-refractivity contribution in [1.82, 2.24) is 14.1 Å². The Morgan fingerprint density at radius 1 is 0.879 bits per heavy atom. The Labute approximate surface area is 197 Å². The SMILES string of the molecule is O=C(c1cc(Cl)ccc1F)N1CCN(C(=O)C2CCN(S(=O)(=O)c3ccccc3)CC2)CC1. The summed E-state index contributed by atoms with van der Waals surface area (Å²) in [6.45, 7) is 1.90. The predicted molar refractivity (Wildman–Crippen MR) is 122 cm³/mol. The molecule has 0 radical (unpaired) electrons. The molecule has 0 aliphatic carbocycles. The van der Waals surface area contributed by atoms with Gasteiger partial charge < -0.3 is 9.80 Å². The number of amides is 2. The Hall–Kier alpha value is -2.49. The summed E-state index contributed by atoms with van der Waals surface area (Å²) in [5.74, 6) is -1.34. The van der Waals surface area contributed by atoms with Crippen molar-refractivity contribution in [3.63, 3.8) is 0 Å². The van der Waals surface area contributed by atoms with Crippen LogP contribution >= 0.6 is 11.6 Å². The average molecular weight is 494 g/mol. The molecule has 176 valence electrons. The second-order valence-corrected chi connectivity index (χ2v) is 10.6. The number of sulfonamides is 1. The molecule has 33 heavy (non-hydrogen) atoms. The molecule has 2 fully saturated rings. The third kappa shape index (κ3) is 5.05. The van der Waals surface area contributed by atoms with Crippen LogP contribution in [0.4, 0.5) is 4.39 Å². The molecule has 2 aliphatic heterocycles. The van der Waals surface area contributed by atoms with Crippen molar-refractivity contribution in [3.05, 3.63) is 64.9 Å². The van der Waals surface area contributed by atoms with Crippen LogP contribution in [-0.2, 0) is 14.8 Å². The van der Waals surface area contributed by atoms with Gasteiger partial charge in [-0.25, -0.2) is 12.8 Å². The van der Waals surface area contributed by atoms with Crippen LogP contribution in [0.2, 0.25) is 5.02 Å². The minimum Gasteiger partial charge on any atom is -0.339 e. The standard InChI is InChI=1S/C23H25ClFN3O4S/c24-18-6-7-21(25)20(16-18)23(30)27-14-12-26(13-15-27)22(29)17-8-10-28(11-9-17)33(31,32)19-4-2-1-3-5-19/h1-7,16-17H,8-15H2. The summed E-state index contributed by atoms with van der Waals surface area (Å²) in [5, 5.41) is 0.286. The number of hydrogen-bond acceptors (Lipinski definition) is 4. The van der Waals surface area contributed by atoms with Crippen molar-refractivity contribution in [1.29, 1.82) is 0 Å². The molecule has 7 nitrogen and oxygen atoms in total. The maximum Gasteiger partial charge on any atom is 0.257 e. The van der Waals surface area contributed by atoms with Crippen LogP contribution in [0.5, 0.6) is 0 Å². The maximum atomic E-state index is 14.0. The van der Waals surface area contributed by atoms with Gasteiger partial charge in [0.2, 0.25) is 15.9 Å². The van der Waals surface area contributed by atoms with Gasteiger partial charge in [0.1, 0.15) is 5.82 Å². The van der Waals surface area contributed by atoms with Crippen LogP contribution in [0.25, 0.3) is 0 Å². The van der Waals surface area contributed by atoms with Gasteiger partial charge in [-0.05, 0) is 43.2 Å². The minimum atomic E-state index is -3.56. The van der Waals surface area contributed by atoms with Crippen LogP contribution in [-0.4, -0.2) is 73.6 Å². The molecule has 2 aromatic carbocycles. The molecule has 0 spiro atoms. The summed E-state index contributed by atoms with van der Waals surface area (Å²) >= 11 is 5.89. The van der Waals surface area contributed by atoms with Crippen LogP contribution in [0.3, 0.4) is 0 Å². The lowest BCUT2D eigenvalue weighted by Crippen LogP contribution is -2.53. The van der Waals surface area contributed by atoms with Crippen LogP contribution < -0.4 is 0 Å². The van der Waals surface area contributed by atoms with E-state index >= 15 is 0 Å². The first kappa shape index (κ1) is 23.7. The van der Waals surface area contributed by atoms with E-state index < -0.39 is 21.7 Å². The van der Waals surface area contributed by atoms with Crippen molar-refractivity contribution in [2.45, 2.75) is 17.7 Å². The quantitative estimate of drug-likeness (QED) is 0.656. The van der Waals surface area contributed by atoms with Crippen molar-refractivity contribution in [2.75, 3.05) is 39.3 Å². The number of hydrogen-bond donors (Lipinski definition) is 0. The number of piperidine rings is 1.